The van der Waals surface area contributed by atoms with Crippen molar-refractivity contribution in [1.82, 2.24) is 0 Å². The van der Waals surface area contributed by atoms with Crippen LogP contribution in [0, 0.1) is 22.7 Å². The van der Waals surface area contributed by atoms with Gasteiger partial charge in [-0.1, -0.05) is 86.6 Å². The summed E-state index contributed by atoms with van der Waals surface area (Å²) in [5.41, 5.74) is 1.27. The van der Waals surface area contributed by atoms with Crippen molar-refractivity contribution in [2.75, 3.05) is 7.11 Å². The van der Waals surface area contributed by atoms with Crippen LogP contribution >= 0.6 is 0 Å². The first-order valence-electron chi connectivity index (χ1n) is 11.8. The van der Waals surface area contributed by atoms with E-state index in [4.69, 9.17) is 4.74 Å². The molecule has 0 amide bonds. The number of carbonyl (C=O) groups is 2. The molecule has 3 aromatic carbocycles. The standard InChI is InChI=1S/C30H28O3/c1-28-23(19-14-16-22(33-3)17-15-19)18-24(28)26(31)29(2)25(27(28)32)30(29,20-10-6-4-7-11-20)21-12-8-5-9-13-21/h4-17,23-25H,18H2,1-3H3/t23-,24+,25-,28+,29-/m1/s1. The molecule has 0 unspecified atom stereocenters. The highest BCUT2D eigenvalue weighted by Gasteiger charge is 2.87. The monoisotopic (exact) mass is 436 g/mol. The van der Waals surface area contributed by atoms with E-state index < -0.39 is 16.2 Å². The van der Waals surface area contributed by atoms with Crippen molar-refractivity contribution in [2.24, 2.45) is 22.7 Å². The number of methoxy groups -OCH3 is 1. The average Bonchev–Trinajstić information content (AvgIpc) is 3.45. The smallest absolute Gasteiger partial charge is 0.145 e. The van der Waals surface area contributed by atoms with Crippen molar-refractivity contribution in [1.29, 1.82) is 0 Å². The largest absolute Gasteiger partial charge is 0.497 e. The fourth-order valence-electron chi connectivity index (χ4n) is 7.44. The molecule has 3 nitrogen and oxygen atoms in total. The van der Waals surface area contributed by atoms with E-state index in [0.29, 0.717) is 0 Å². The first-order chi connectivity index (χ1) is 15.9. The molecule has 3 aliphatic rings. The van der Waals surface area contributed by atoms with Crippen molar-refractivity contribution in [3.63, 3.8) is 0 Å². The molecule has 3 aliphatic carbocycles. The van der Waals surface area contributed by atoms with Crippen LogP contribution in [0.3, 0.4) is 0 Å². The molecule has 0 bridgehead atoms. The van der Waals surface area contributed by atoms with Crippen LogP contribution in [0.5, 0.6) is 5.75 Å². The molecule has 3 saturated carbocycles. The van der Waals surface area contributed by atoms with Gasteiger partial charge in [0.2, 0.25) is 0 Å². The van der Waals surface area contributed by atoms with Crippen LogP contribution < -0.4 is 4.74 Å². The summed E-state index contributed by atoms with van der Waals surface area (Å²) in [6.45, 7) is 4.08. The second kappa shape index (κ2) is 6.66. The average molecular weight is 437 g/mol. The minimum atomic E-state index is -0.707. The van der Waals surface area contributed by atoms with Gasteiger partial charge in [-0.3, -0.25) is 9.59 Å². The number of rotatable bonds is 4. The van der Waals surface area contributed by atoms with Crippen LogP contribution in [-0.4, -0.2) is 18.7 Å². The number of hydrogen-bond acceptors (Lipinski definition) is 3. The third kappa shape index (κ3) is 2.25. The number of benzene rings is 3. The van der Waals surface area contributed by atoms with Crippen molar-refractivity contribution in [2.45, 2.75) is 31.6 Å². The molecule has 0 N–H and O–H groups in total. The lowest BCUT2D eigenvalue weighted by atomic mass is 9.45. The maximum atomic E-state index is 14.4. The Morgan fingerprint density at radius 3 is 1.79 bits per heavy atom. The molecule has 166 valence electrons. The van der Waals surface area contributed by atoms with Gasteiger partial charge >= 0.3 is 0 Å². The zero-order valence-electron chi connectivity index (χ0n) is 19.2. The predicted octanol–water partition coefficient (Wildman–Crippen LogP) is 5.58. The molecule has 0 saturated heterocycles. The van der Waals surface area contributed by atoms with Crippen LogP contribution in [0.4, 0.5) is 0 Å². The fourth-order valence-corrected chi connectivity index (χ4v) is 7.44. The molecule has 0 spiro atoms. The zero-order chi connectivity index (χ0) is 23.0. The summed E-state index contributed by atoms with van der Waals surface area (Å²) < 4.78 is 5.31. The Balaban J connectivity index is 1.49. The van der Waals surface area contributed by atoms with Gasteiger partial charge in [0.1, 0.15) is 17.3 Å². The number of ether oxygens (including phenoxy) is 1. The van der Waals surface area contributed by atoms with E-state index in [1.165, 1.54) is 0 Å². The van der Waals surface area contributed by atoms with E-state index in [0.717, 1.165) is 28.9 Å². The molecular formula is C30H28O3. The number of hydrogen-bond donors (Lipinski definition) is 0. The Labute approximate surface area is 194 Å². The van der Waals surface area contributed by atoms with Gasteiger partial charge < -0.3 is 4.74 Å². The Morgan fingerprint density at radius 1 is 0.727 bits per heavy atom. The van der Waals surface area contributed by atoms with E-state index in [1.54, 1.807) is 7.11 Å². The van der Waals surface area contributed by atoms with Crippen LogP contribution in [0.2, 0.25) is 0 Å². The first-order valence-corrected chi connectivity index (χ1v) is 11.8. The fraction of sp³-hybridized carbons (Fsp3) is 0.333. The highest BCUT2D eigenvalue weighted by molar-refractivity contribution is 6.13. The van der Waals surface area contributed by atoms with Gasteiger partial charge in [0, 0.05) is 22.7 Å². The van der Waals surface area contributed by atoms with Crippen LogP contribution in [0.25, 0.3) is 0 Å². The summed E-state index contributed by atoms with van der Waals surface area (Å²) in [5, 5.41) is 0. The van der Waals surface area contributed by atoms with Crippen molar-refractivity contribution in [3.05, 3.63) is 102 Å². The normalized spacial score (nSPS) is 33.5. The second-order valence-electron chi connectivity index (χ2n) is 10.3. The topological polar surface area (TPSA) is 43.4 Å². The van der Waals surface area contributed by atoms with Crippen molar-refractivity contribution < 1.29 is 14.3 Å². The lowest BCUT2D eigenvalue weighted by molar-refractivity contribution is -0.161. The summed E-state index contributed by atoms with van der Waals surface area (Å²) in [6, 6.07) is 28.4. The van der Waals surface area contributed by atoms with Crippen LogP contribution in [0.1, 0.15) is 42.9 Å². The molecule has 0 heterocycles. The maximum absolute atomic E-state index is 14.4. The molecule has 6 rings (SSSR count). The summed E-state index contributed by atoms with van der Waals surface area (Å²) >= 11 is 0. The molecule has 3 fully saturated rings. The highest BCUT2D eigenvalue weighted by atomic mass is 16.5. The van der Waals surface area contributed by atoms with E-state index in [2.05, 4.69) is 24.3 Å². The van der Waals surface area contributed by atoms with Gasteiger partial charge in [-0.15, -0.1) is 0 Å². The van der Waals surface area contributed by atoms with Gasteiger partial charge in [0.15, 0.2) is 0 Å². The molecule has 33 heavy (non-hydrogen) atoms. The highest BCUT2D eigenvalue weighted by Crippen LogP contribution is 2.81. The molecule has 0 radical (unpaired) electrons. The minimum absolute atomic E-state index is 0.0549. The van der Waals surface area contributed by atoms with Crippen LogP contribution in [0.15, 0.2) is 84.9 Å². The van der Waals surface area contributed by atoms with Crippen molar-refractivity contribution in [3.8, 4) is 5.75 Å². The van der Waals surface area contributed by atoms with Gasteiger partial charge in [0.05, 0.1) is 12.5 Å². The van der Waals surface area contributed by atoms with E-state index >= 15 is 0 Å². The SMILES string of the molecule is COc1ccc([C@H]2C[C@H]3C(=O)[C@@]4(C)[C@@H](C(=O)[C@@]23C)C4(c2ccccc2)c2ccccc2)cc1. The Bertz CT molecular complexity index is 1210. The number of carbonyl (C=O) groups excluding carboxylic acids is 2. The predicted molar refractivity (Wildman–Crippen MR) is 127 cm³/mol. The van der Waals surface area contributed by atoms with Gasteiger partial charge in [-0.05, 0) is 41.2 Å². The lowest BCUT2D eigenvalue weighted by Gasteiger charge is -2.55. The molecule has 3 aromatic rings. The number of ketones is 2. The van der Waals surface area contributed by atoms with E-state index in [1.807, 2.05) is 74.5 Å². The van der Waals surface area contributed by atoms with E-state index in [-0.39, 0.29) is 29.3 Å². The third-order valence-corrected chi connectivity index (χ3v) is 9.26. The third-order valence-electron chi connectivity index (χ3n) is 9.26. The van der Waals surface area contributed by atoms with Gasteiger partial charge in [0.25, 0.3) is 0 Å². The van der Waals surface area contributed by atoms with Gasteiger partial charge in [-0.2, -0.15) is 0 Å². The molecule has 3 heteroatoms. The Hall–Kier alpha value is -3.20. The van der Waals surface area contributed by atoms with Crippen molar-refractivity contribution >= 4 is 11.6 Å². The lowest BCUT2D eigenvalue weighted by Crippen LogP contribution is -2.59. The summed E-state index contributed by atoms with van der Waals surface area (Å²) in [6.07, 6.45) is 0.732. The molecule has 5 atom stereocenters. The molecule has 0 aromatic heterocycles. The summed E-state index contributed by atoms with van der Waals surface area (Å²) in [5.74, 6) is 0.783. The maximum Gasteiger partial charge on any atom is 0.145 e. The molecule has 0 aliphatic heterocycles. The number of Topliss-reactive ketones (excluding diaryl/α,β-unsaturated/α-hetero) is 2. The Kier molecular flexibility index (Phi) is 4.12. The quantitative estimate of drug-likeness (QED) is 0.536. The first kappa shape index (κ1) is 20.4. The molecular weight excluding hydrogens is 408 g/mol. The minimum Gasteiger partial charge on any atom is -0.497 e. The van der Waals surface area contributed by atoms with E-state index in [9.17, 15) is 9.59 Å². The van der Waals surface area contributed by atoms with Gasteiger partial charge in [-0.25, -0.2) is 0 Å². The number of fused-ring (bicyclic) bond motifs is 2. The second-order valence-corrected chi connectivity index (χ2v) is 10.3. The Morgan fingerprint density at radius 2 is 1.27 bits per heavy atom. The summed E-state index contributed by atoms with van der Waals surface area (Å²) in [4.78, 5) is 28.6. The zero-order valence-corrected chi connectivity index (χ0v) is 19.2. The summed E-state index contributed by atoms with van der Waals surface area (Å²) in [7, 11) is 1.65. The van der Waals surface area contributed by atoms with Crippen LogP contribution in [-0.2, 0) is 15.0 Å².